The topological polar surface area (TPSA) is 29.5 Å². The minimum Gasteiger partial charge on any atom is -0.370 e. The van der Waals surface area contributed by atoms with Crippen LogP contribution >= 0.6 is 0 Å². The Morgan fingerprint density at radius 3 is 2.35 bits per heavy atom. The molecule has 1 aromatic rings. The van der Waals surface area contributed by atoms with E-state index in [1.165, 1.54) is 12.0 Å². The summed E-state index contributed by atoms with van der Waals surface area (Å²) in [5, 5.41) is 0. The molecule has 1 aliphatic heterocycles. The molecule has 0 spiro atoms. The van der Waals surface area contributed by atoms with Crippen LogP contribution in [0, 0.1) is 6.92 Å². The molecule has 1 heterocycles. The van der Waals surface area contributed by atoms with Crippen molar-refractivity contribution in [1.82, 2.24) is 0 Å². The Balaban J connectivity index is 0.000000437. The number of hydrogen-bond acceptors (Lipinski definition) is 2. The molecule has 1 saturated heterocycles. The zero-order valence-corrected chi connectivity index (χ0v) is 10.9. The van der Waals surface area contributed by atoms with Gasteiger partial charge in [-0.3, -0.25) is 4.79 Å². The van der Waals surface area contributed by atoms with Gasteiger partial charge in [-0.1, -0.05) is 38.0 Å². The molecule has 0 aliphatic carbocycles. The summed E-state index contributed by atoms with van der Waals surface area (Å²) in [5.41, 5.74) is 2.17. The van der Waals surface area contributed by atoms with Gasteiger partial charge >= 0.3 is 0 Å². The highest BCUT2D eigenvalue weighted by atomic mass is 16.5. The summed E-state index contributed by atoms with van der Waals surface area (Å²) in [6.45, 7) is 7.76. The minimum atomic E-state index is 0.0418. The second kappa shape index (κ2) is 7.07. The molecule has 0 radical (unpaired) electrons. The number of carbonyl (C=O) groups excluding carboxylic acids is 1. The summed E-state index contributed by atoms with van der Waals surface area (Å²) in [5.74, 6) is 0.0418. The van der Waals surface area contributed by atoms with Crippen LogP contribution < -0.4 is 4.90 Å². The molecule has 94 valence electrons. The van der Waals surface area contributed by atoms with Gasteiger partial charge in [-0.25, -0.2) is 0 Å². The largest absolute Gasteiger partial charge is 0.370 e. The monoisotopic (exact) mass is 235 g/mol. The maximum absolute atomic E-state index is 11.5. The molecule has 0 aromatic heterocycles. The maximum Gasteiger partial charge on any atom is 0.253 e. The lowest BCUT2D eigenvalue weighted by atomic mass is 10.2. The zero-order chi connectivity index (χ0) is 12.7. The number of aryl methyl sites for hydroxylation is 1. The molecule has 2 rings (SSSR count). The molecule has 1 aliphatic rings. The van der Waals surface area contributed by atoms with Gasteiger partial charge < -0.3 is 9.64 Å². The van der Waals surface area contributed by atoms with Gasteiger partial charge in [0.1, 0.15) is 6.61 Å². The molecule has 3 nitrogen and oxygen atoms in total. The second-order valence-electron chi connectivity index (χ2n) is 4.14. The maximum atomic E-state index is 11.5. The predicted octanol–water partition coefficient (Wildman–Crippen LogP) is 2.77. The van der Waals surface area contributed by atoms with Crippen molar-refractivity contribution in [2.75, 3.05) is 24.7 Å². The number of amides is 1. The third-order valence-corrected chi connectivity index (χ3v) is 2.33. The van der Waals surface area contributed by atoms with E-state index in [-0.39, 0.29) is 12.5 Å². The average Bonchev–Trinajstić information content (AvgIpc) is 2.32. The van der Waals surface area contributed by atoms with Gasteiger partial charge in [-0.2, -0.15) is 0 Å². The van der Waals surface area contributed by atoms with E-state index in [2.05, 4.69) is 13.8 Å². The summed E-state index contributed by atoms with van der Waals surface area (Å²) < 4.78 is 5.07. The van der Waals surface area contributed by atoms with Crippen LogP contribution in [0.2, 0.25) is 0 Å². The van der Waals surface area contributed by atoms with E-state index in [1.807, 2.05) is 31.2 Å². The fourth-order valence-corrected chi connectivity index (χ4v) is 1.52. The quantitative estimate of drug-likeness (QED) is 0.749. The lowest BCUT2D eigenvalue weighted by Gasteiger charge is -2.26. The molecule has 0 saturated carbocycles. The van der Waals surface area contributed by atoms with Crippen LogP contribution in [0.3, 0.4) is 0 Å². The number of anilines is 1. The smallest absolute Gasteiger partial charge is 0.253 e. The standard InChI is InChI=1S/C11H13NO2.C3H8/c1-9-2-4-10(5-3-9)12-6-7-14-8-11(12)13;1-3-2/h2-5H,6-8H2,1H3;3H2,1-2H3. The Kier molecular flexibility index (Phi) is 5.70. The summed E-state index contributed by atoms with van der Waals surface area (Å²) in [6.07, 6.45) is 1.25. The fraction of sp³-hybridized carbons (Fsp3) is 0.500. The SMILES string of the molecule is CCC.Cc1ccc(N2CCOCC2=O)cc1. The third kappa shape index (κ3) is 4.19. The first-order valence-corrected chi connectivity index (χ1v) is 6.13. The molecule has 3 heteroatoms. The number of hydrogen-bond donors (Lipinski definition) is 0. The van der Waals surface area contributed by atoms with Crippen molar-refractivity contribution in [3.63, 3.8) is 0 Å². The Morgan fingerprint density at radius 1 is 1.24 bits per heavy atom. The van der Waals surface area contributed by atoms with E-state index in [0.29, 0.717) is 13.2 Å². The van der Waals surface area contributed by atoms with Crippen LogP contribution in [0.25, 0.3) is 0 Å². The molecule has 0 bridgehead atoms. The van der Waals surface area contributed by atoms with Crippen LogP contribution in [0.4, 0.5) is 5.69 Å². The van der Waals surface area contributed by atoms with E-state index >= 15 is 0 Å². The van der Waals surface area contributed by atoms with Crippen molar-refractivity contribution in [2.45, 2.75) is 27.2 Å². The van der Waals surface area contributed by atoms with E-state index in [9.17, 15) is 4.79 Å². The van der Waals surface area contributed by atoms with Crippen LogP contribution in [0.15, 0.2) is 24.3 Å². The normalized spacial score (nSPS) is 15.2. The lowest BCUT2D eigenvalue weighted by Crippen LogP contribution is -2.41. The van der Waals surface area contributed by atoms with Crippen molar-refractivity contribution in [1.29, 1.82) is 0 Å². The van der Waals surface area contributed by atoms with Crippen LogP contribution in [0.5, 0.6) is 0 Å². The first-order valence-electron chi connectivity index (χ1n) is 6.13. The Morgan fingerprint density at radius 2 is 1.82 bits per heavy atom. The number of nitrogens with zero attached hydrogens (tertiary/aromatic N) is 1. The molecule has 17 heavy (non-hydrogen) atoms. The van der Waals surface area contributed by atoms with E-state index in [4.69, 9.17) is 4.74 Å². The van der Waals surface area contributed by atoms with Crippen LogP contribution in [-0.2, 0) is 9.53 Å². The van der Waals surface area contributed by atoms with Crippen molar-refractivity contribution < 1.29 is 9.53 Å². The number of carbonyl (C=O) groups is 1. The number of morpholine rings is 1. The molecule has 0 unspecified atom stereocenters. The summed E-state index contributed by atoms with van der Waals surface area (Å²) in [7, 11) is 0. The predicted molar refractivity (Wildman–Crippen MR) is 70.3 cm³/mol. The first kappa shape index (κ1) is 13.7. The fourth-order valence-electron chi connectivity index (χ4n) is 1.52. The molecule has 0 N–H and O–H groups in total. The highest BCUT2D eigenvalue weighted by Crippen LogP contribution is 2.16. The van der Waals surface area contributed by atoms with Crippen molar-refractivity contribution in [2.24, 2.45) is 0 Å². The Hall–Kier alpha value is -1.35. The number of benzene rings is 1. The summed E-state index contributed by atoms with van der Waals surface area (Å²) >= 11 is 0. The Bertz CT molecular complexity index is 346. The highest BCUT2D eigenvalue weighted by molar-refractivity contribution is 5.94. The first-order chi connectivity index (χ1) is 8.19. The van der Waals surface area contributed by atoms with Crippen molar-refractivity contribution in [3.05, 3.63) is 29.8 Å². The summed E-state index contributed by atoms with van der Waals surface area (Å²) in [6, 6.07) is 7.97. The van der Waals surface area contributed by atoms with Gasteiger partial charge in [0, 0.05) is 12.2 Å². The molecule has 1 fully saturated rings. The second-order valence-corrected chi connectivity index (χ2v) is 4.14. The van der Waals surface area contributed by atoms with Crippen LogP contribution in [-0.4, -0.2) is 25.7 Å². The third-order valence-electron chi connectivity index (χ3n) is 2.33. The number of ether oxygens (including phenoxy) is 1. The van der Waals surface area contributed by atoms with Crippen molar-refractivity contribution >= 4 is 11.6 Å². The molecule has 0 atom stereocenters. The number of rotatable bonds is 1. The van der Waals surface area contributed by atoms with E-state index in [0.717, 1.165) is 5.69 Å². The van der Waals surface area contributed by atoms with E-state index < -0.39 is 0 Å². The molecule has 1 aromatic carbocycles. The van der Waals surface area contributed by atoms with Crippen molar-refractivity contribution in [3.8, 4) is 0 Å². The van der Waals surface area contributed by atoms with Crippen LogP contribution in [0.1, 0.15) is 25.8 Å². The lowest BCUT2D eigenvalue weighted by molar-refractivity contribution is -0.125. The van der Waals surface area contributed by atoms with Gasteiger partial charge in [0.15, 0.2) is 0 Å². The van der Waals surface area contributed by atoms with E-state index in [1.54, 1.807) is 4.90 Å². The molecule has 1 amide bonds. The molecular weight excluding hydrogens is 214 g/mol. The Labute approximate surface area is 103 Å². The minimum absolute atomic E-state index is 0.0418. The highest BCUT2D eigenvalue weighted by Gasteiger charge is 2.19. The van der Waals surface area contributed by atoms with Gasteiger partial charge in [-0.15, -0.1) is 0 Å². The van der Waals surface area contributed by atoms with Gasteiger partial charge in [-0.05, 0) is 19.1 Å². The molecular formula is C14H21NO2. The van der Waals surface area contributed by atoms with Gasteiger partial charge in [0.05, 0.1) is 6.61 Å². The van der Waals surface area contributed by atoms with Gasteiger partial charge in [0.25, 0.3) is 5.91 Å². The van der Waals surface area contributed by atoms with Gasteiger partial charge in [0.2, 0.25) is 0 Å². The summed E-state index contributed by atoms with van der Waals surface area (Å²) in [4.78, 5) is 13.2. The average molecular weight is 235 g/mol. The zero-order valence-electron chi connectivity index (χ0n) is 10.9.